The molecular formula is C9H6F3NO2. The summed E-state index contributed by atoms with van der Waals surface area (Å²) in [6.45, 7) is 0. The third-order valence-corrected chi connectivity index (χ3v) is 1.82. The molecule has 15 heavy (non-hydrogen) atoms. The second kappa shape index (κ2) is 4.29. The van der Waals surface area contributed by atoms with E-state index in [4.69, 9.17) is 10.4 Å². The summed E-state index contributed by atoms with van der Waals surface area (Å²) >= 11 is 0. The van der Waals surface area contributed by atoms with Crippen LogP contribution in [0.3, 0.4) is 0 Å². The summed E-state index contributed by atoms with van der Waals surface area (Å²) in [6.07, 6.45) is -3.81. The first kappa shape index (κ1) is 11.5. The number of aliphatic hydroxyl groups is 2. The van der Waals surface area contributed by atoms with Crippen LogP contribution in [0, 0.1) is 28.8 Å². The summed E-state index contributed by atoms with van der Waals surface area (Å²) in [4.78, 5) is 0. The van der Waals surface area contributed by atoms with Crippen LogP contribution in [0.15, 0.2) is 12.1 Å². The van der Waals surface area contributed by atoms with E-state index in [9.17, 15) is 18.3 Å². The highest BCUT2D eigenvalue weighted by molar-refractivity contribution is 5.24. The number of aliphatic hydroxyl groups excluding tert-OH is 2. The van der Waals surface area contributed by atoms with Crippen molar-refractivity contribution in [3.8, 4) is 6.07 Å². The van der Waals surface area contributed by atoms with Crippen LogP contribution >= 0.6 is 0 Å². The Labute approximate surface area is 83.0 Å². The average Bonchev–Trinajstić information content (AvgIpc) is 2.24. The Hall–Kier alpha value is -1.58. The zero-order valence-corrected chi connectivity index (χ0v) is 7.28. The molecule has 1 aromatic carbocycles. The van der Waals surface area contributed by atoms with Crippen LogP contribution in [-0.4, -0.2) is 16.3 Å². The Morgan fingerprint density at radius 3 is 2.27 bits per heavy atom. The van der Waals surface area contributed by atoms with Crippen molar-refractivity contribution < 1.29 is 23.4 Å². The Kier molecular flexibility index (Phi) is 3.29. The lowest BCUT2D eigenvalue weighted by Crippen LogP contribution is -2.17. The standard InChI is InChI=1S/C9H6F3NO2/c10-5-2-1-4(7(11)8(5)12)9(15)6(14)3-13/h1-2,6,9,14-15H. The molecule has 0 aromatic heterocycles. The van der Waals surface area contributed by atoms with Gasteiger partial charge in [0.2, 0.25) is 0 Å². The van der Waals surface area contributed by atoms with Crippen LogP contribution < -0.4 is 0 Å². The molecule has 0 saturated carbocycles. The first-order valence-electron chi connectivity index (χ1n) is 3.88. The highest BCUT2D eigenvalue weighted by Crippen LogP contribution is 2.23. The topological polar surface area (TPSA) is 64.2 Å². The molecule has 0 spiro atoms. The monoisotopic (exact) mass is 217 g/mol. The molecule has 0 aliphatic heterocycles. The van der Waals surface area contributed by atoms with E-state index in [0.29, 0.717) is 6.07 Å². The smallest absolute Gasteiger partial charge is 0.194 e. The number of nitriles is 1. The van der Waals surface area contributed by atoms with Gasteiger partial charge in [-0.3, -0.25) is 0 Å². The second-order valence-corrected chi connectivity index (χ2v) is 2.78. The fourth-order valence-corrected chi connectivity index (χ4v) is 1.01. The SMILES string of the molecule is N#CC(O)C(O)c1ccc(F)c(F)c1F. The molecular weight excluding hydrogens is 211 g/mol. The predicted octanol–water partition coefficient (Wildman–Crippen LogP) is 1.02. The number of nitrogens with zero attached hydrogens (tertiary/aromatic N) is 1. The molecule has 2 unspecified atom stereocenters. The zero-order valence-electron chi connectivity index (χ0n) is 7.28. The maximum atomic E-state index is 13.0. The lowest BCUT2D eigenvalue weighted by molar-refractivity contribution is 0.0497. The van der Waals surface area contributed by atoms with Crippen LogP contribution in [0.4, 0.5) is 13.2 Å². The molecule has 1 rings (SSSR count). The van der Waals surface area contributed by atoms with Crippen LogP contribution in [0.5, 0.6) is 0 Å². The van der Waals surface area contributed by atoms with Crippen LogP contribution in [0.25, 0.3) is 0 Å². The van der Waals surface area contributed by atoms with Crippen molar-refractivity contribution in [1.82, 2.24) is 0 Å². The van der Waals surface area contributed by atoms with Crippen molar-refractivity contribution in [2.75, 3.05) is 0 Å². The molecule has 6 heteroatoms. The molecule has 0 saturated heterocycles. The van der Waals surface area contributed by atoms with Crippen LogP contribution in [-0.2, 0) is 0 Å². The molecule has 2 atom stereocenters. The highest BCUT2D eigenvalue weighted by Gasteiger charge is 2.24. The summed E-state index contributed by atoms with van der Waals surface area (Å²) in [5.41, 5.74) is -0.664. The summed E-state index contributed by atoms with van der Waals surface area (Å²) < 4.78 is 38.2. The minimum Gasteiger partial charge on any atom is -0.384 e. The van der Waals surface area contributed by atoms with Gasteiger partial charge in [-0.1, -0.05) is 6.07 Å². The molecule has 3 nitrogen and oxygen atoms in total. The molecule has 2 N–H and O–H groups in total. The first-order valence-corrected chi connectivity index (χ1v) is 3.88. The van der Waals surface area contributed by atoms with Gasteiger partial charge in [0.1, 0.15) is 6.10 Å². The molecule has 0 heterocycles. The van der Waals surface area contributed by atoms with Crippen molar-refractivity contribution in [3.63, 3.8) is 0 Å². The number of halogens is 3. The van der Waals surface area contributed by atoms with Crippen LogP contribution in [0.2, 0.25) is 0 Å². The maximum absolute atomic E-state index is 13.0. The molecule has 0 fully saturated rings. The molecule has 80 valence electrons. The molecule has 1 aromatic rings. The van der Waals surface area contributed by atoms with Crippen molar-refractivity contribution in [2.24, 2.45) is 0 Å². The van der Waals surface area contributed by atoms with E-state index in [1.165, 1.54) is 6.07 Å². The Morgan fingerprint density at radius 1 is 1.13 bits per heavy atom. The third-order valence-electron chi connectivity index (χ3n) is 1.82. The van der Waals surface area contributed by atoms with E-state index in [-0.39, 0.29) is 0 Å². The zero-order chi connectivity index (χ0) is 11.6. The quantitative estimate of drug-likeness (QED) is 0.574. The second-order valence-electron chi connectivity index (χ2n) is 2.78. The van der Waals surface area contributed by atoms with Crippen molar-refractivity contribution >= 4 is 0 Å². The number of hydrogen-bond donors (Lipinski definition) is 2. The van der Waals surface area contributed by atoms with E-state index < -0.39 is 35.2 Å². The van der Waals surface area contributed by atoms with Crippen LogP contribution in [0.1, 0.15) is 11.7 Å². The van der Waals surface area contributed by atoms with E-state index in [0.717, 1.165) is 6.07 Å². The summed E-state index contributed by atoms with van der Waals surface area (Å²) in [5, 5.41) is 26.3. The van der Waals surface area contributed by atoms with E-state index in [1.54, 1.807) is 0 Å². The number of rotatable bonds is 2. The average molecular weight is 217 g/mol. The lowest BCUT2D eigenvalue weighted by Gasteiger charge is -2.13. The molecule has 0 aliphatic carbocycles. The fraction of sp³-hybridized carbons (Fsp3) is 0.222. The van der Waals surface area contributed by atoms with Gasteiger partial charge < -0.3 is 10.2 Å². The van der Waals surface area contributed by atoms with Gasteiger partial charge in [-0.05, 0) is 6.07 Å². The first-order chi connectivity index (χ1) is 6.99. The lowest BCUT2D eigenvalue weighted by atomic mass is 10.0. The Morgan fingerprint density at radius 2 is 1.73 bits per heavy atom. The van der Waals surface area contributed by atoms with E-state index >= 15 is 0 Å². The van der Waals surface area contributed by atoms with Gasteiger partial charge in [0.05, 0.1) is 6.07 Å². The van der Waals surface area contributed by atoms with Crippen molar-refractivity contribution in [1.29, 1.82) is 5.26 Å². The predicted molar refractivity (Wildman–Crippen MR) is 42.9 cm³/mol. The Balaban J connectivity index is 3.17. The van der Waals surface area contributed by atoms with E-state index in [2.05, 4.69) is 0 Å². The van der Waals surface area contributed by atoms with Gasteiger partial charge in [0, 0.05) is 5.56 Å². The molecule has 0 bridgehead atoms. The largest absolute Gasteiger partial charge is 0.384 e. The Bertz CT molecular complexity index is 417. The summed E-state index contributed by atoms with van der Waals surface area (Å²) in [5.74, 6) is -4.77. The number of hydrogen-bond acceptors (Lipinski definition) is 3. The van der Waals surface area contributed by atoms with Gasteiger partial charge in [-0.2, -0.15) is 5.26 Å². The molecule has 0 aliphatic rings. The van der Waals surface area contributed by atoms with Gasteiger partial charge in [-0.15, -0.1) is 0 Å². The molecule has 0 radical (unpaired) electrons. The molecule has 0 amide bonds. The van der Waals surface area contributed by atoms with Gasteiger partial charge in [-0.25, -0.2) is 13.2 Å². The van der Waals surface area contributed by atoms with Gasteiger partial charge in [0.25, 0.3) is 0 Å². The normalized spacial score (nSPS) is 14.4. The fourth-order valence-electron chi connectivity index (χ4n) is 1.01. The van der Waals surface area contributed by atoms with E-state index in [1.807, 2.05) is 0 Å². The third kappa shape index (κ3) is 2.09. The highest BCUT2D eigenvalue weighted by atomic mass is 19.2. The maximum Gasteiger partial charge on any atom is 0.194 e. The number of benzene rings is 1. The summed E-state index contributed by atoms with van der Waals surface area (Å²) in [6, 6.07) is 2.61. The van der Waals surface area contributed by atoms with Gasteiger partial charge in [0.15, 0.2) is 23.6 Å². The van der Waals surface area contributed by atoms with Crippen molar-refractivity contribution in [3.05, 3.63) is 35.1 Å². The minimum atomic E-state index is -1.91. The van der Waals surface area contributed by atoms with Crippen molar-refractivity contribution in [2.45, 2.75) is 12.2 Å². The van der Waals surface area contributed by atoms with Gasteiger partial charge >= 0.3 is 0 Å². The summed E-state index contributed by atoms with van der Waals surface area (Å²) in [7, 11) is 0. The minimum absolute atomic E-state index is 0.598.